The summed E-state index contributed by atoms with van der Waals surface area (Å²) in [5.41, 5.74) is 1.86. The Morgan fingerprint density at radius 3 is 2.57 bits per heavy atom. The van der Waals surface area contributed by atoms with Gasteiger partial charge in [-0.1, -0.05) is 0 Å². The molecule has 14 heavy (non-hydrogen) atoms. The fraction of sp³-hybridized carbons (Fsp3) is 0.571. The average Bonchev–Trinajstić information content (AvgIpc) is 2.13. The van der Waals surface area contributed by atoms with Crippen LogP contribution >= 0.6 is 0 Å². The Bertz CT molecular complexity index is 278. The monoisotopic (exact) mass is 201 g/mol. The van der Waals surface area contributed by atoms with Crippen molar-refractivity contribution in [2.75, 3.05) is 19.6 Å². The second-order valence-corrected chi connectivity index (χ2v) is 2.76. The first-order valence-electron chi connectivity index (χ1n) is 4.16. The van der Waals surface area contributed by atoms with Gasteiger partial charge in [0.2, 0.25) is 0 Å². The van der Waals surface area contributed by atoms with Crippen LogP contribution in [-0.4, -0.2) is 52.6 Å². The molecule has 0 aromatic carbocycles. The van der Waals surface area contributed by atoms with E-state index in [1.165, 1.54) is 4.90 Å². The molecule has 0 saturated carbocycles. The molecule has 0 spiro atoms. The van der Waals surface area contributed by atoms with Gasteiger partial charge in [0.1, 0.15) is 0 Å². The van der Waals surface area contributed by atoms with Crippen LogP contribution < -0.4 is 5.43 Å². The van der Waals surface area contributed by atoms with Crippen molar-refractivity contribution in [2.24, 2.45) is 0 Å². The minimum Gasteiger partial charge on any atom is -0.464 e. The predicted octanol–water partition coefficient (Wildman–Crippen LogP) is -1.14. The molecule has 7 heteroatoms. The van der Waals surface area contributed by atoms with Gasteiger partial charge in [-0.3, -0.25) is 9.59 Å². The van der Waals surface area contributed by atoms with Crippen molar-refractivity contribution in [1.29, 1.82) is 0 Å². The Balaban J connectivity index is 2.64. The number of amides is 3. The minimum absolute atomic E-state index is 0.185. The molecule has 3 amide bonds. The molecule has 1 fully saturated rings. The van der Waals surface area contributed by atoms with Gasteiger partial charge in [0.25, 0.3) is 0 Å². The molecule has 1 saturated heterocycles. The van der Waals surface area contributed by atoms with Crippen LogP contribution in [0.2, 0.25) is 0 Å². The molecule has 0 unspecified atom stereocenters. The van der Waals surface area contributed by atoms with Gasteiger partial charge in [-0.2, -0.15) is 0 Å². The molecule has 1 aliphatic heterocycles. The normalized spacial score (nSPS) is 17.2. The maximum atomic E-state index is 11.3. The summed E-state index contributed by atoms with van der Waals surface area (Å²) in [6.07, 6.45) is -1.35. The van der Waals surface area contributed by atoms with Crippen LogP contribution in [0, 0.1) is 0 Å². The van der Waals surface area contributed by atoms with Crippen LogP contribution in [0.3, 0.4) is 0 Å². The molecular weight excluding hydrogens is 190 g/mol. The predicted molar refractivity (Wildman–Crippen MR) is 45.1 cm³/mol. The number of piperazine rings is 1. The molecule has 0 bridgehead atoms. The molecule has 1 heterocycles. The van der Waals surface area contributed by atoms with E-state index >= 15 is 0 Å². The second-order valence-electron chi connectivity index (χ2n) is 2.76. The lowest BCUT2D eigenvalue weighted by molar-refractivity contribution is -0.157. The van der Waals surface area contributed by atoms with Crippen molar-refractivity contribution in [1.82, 2.24) is 15.3 Å². The van der Waals surface area contributed by atoms with Crippen LogP contribution in [0.15, 0.2) is 0 Å². The molecule has 0 radical (unpaired) electrons. The zero-order valence-electron chi connectivity index (χ0n) is 7.69. The van der Waals surface area contributed by atoms with E-state index in [0.717, 1.165) is 5.01 Å². The third-order valence-corrected chi connectivity index (χ3v) is 1.92. The van der Waals surface area contributed by atoms with Gasteiger partial charge in [-0.05, 0) is 6.92 Å². The van der Waals surface area contributed by atoms with E-state index in [-0.39, 0.29) is 6.54 Å². The topological polar surface area (TPSA) is 89.9 Å². The Hall–Kier alpha value is -1.79. The van der Waals surface area contributed by atoms with Crippen LogP contribution in [0.25, 0.3) is 0 Å². The lowest BCUT2D eigenvalue weighted by atomic mass is 10.3. The summed E-state index contributed by atoms with van der Waals surface area (Å²) in [5, 5.41) is 9.17. The fourth-order valence-electron chi connectivity index (χ4n) is 1.20. The Morgan fingerprint density at radius 1 is 1.43 bits per heavy atom. The van der Waals surface area contributed by atoms with Crippen molar-refractivity contribution in [3.63, 3.8) is 0 Å². The third kappa shape index (κ3) is 1.93. The first-order valence-corrected chi connectivity index (χ1v) is 4.16. The number of hydrogen-bond donors (Lipinski definition) is 2. The standard InChI is InChI=1S/C7H11N3O4/c1-2-9-3-4-10(8-7(13)14)6(12)5(9)11/h8H,2-4H2,1H3,(H,13,14). The third-order valence-electron chi connectivity index (χ3n) is 1.92. The number of hydrogen-bond acceptors (Lipinski definition) is 3. The summed E-state index contributed by atoms with van der Waals surface area (Å²) in [6, 6.07) is 0. The van der Waals surface area contributed by atoms with Gasteiger partial charge >= 0.3 is 17.9 Å². The van der Waals surface area contributed by atoms with Crippen molar-refractivity contribution >= 4 is 17.9 Å². The van der Waals surface area contributed by atoms with Crippen molar-refractivity contribution in [3.05, 3.63) is 0 Å². The zero-order chi connectivity index (χ0) is 10.7. The maximum Gasteiger partial charge on any atom is 0.423 e. The molecule has 7 nitrogen and oxygen atoms in total. The highest BCUT2D eigenvalue weighted by Gasteiger charge is 2.32. The summed E-state index contributed by atoms with van der Waals surface area (Å²) in [7, 11) is 0. The number of nitrogens with zero attached hydrogens (tertiary/aromatic N) is 2. The SMILES string of the molecule is CCN1CCN(NC(=O)O)C(=O)C1=O. The fourth-order valence-corrected chi connectivity index (χ4v) is 1.20. The molecule has 0 aromatic heterocycles. The number of carbonyl (C=O) groups is 3. The Kier molecular flexibility index (Phi) is 2.90. The number of rotatable bonds is 2. The lowest BCUT2D eigenvalue weighted by Crippen LogP contribution is -2.59. The highest BCUT2D eigenvalue weighted by Crippen LogP contribution is 2.01. The summed E-state index contributed by atoms with van der Waals surface area (Å²) in [5.74, 6) is -1.51. The molecule has 0 aliphatic carbocycles. The highest BCUT2D eigenvalue weighted by molar-refractivity contribution is 6.35. The van der Waals surface area contributed by atoms with Crippen molar-refractivity contribution in [3.8, 4) is 0 Å². The van der Waals surface area contributed by atoms with E-state index in [0.29, 0.717) is 13.1 Å². The molecular formula is C7H11N3O4. The van der Waals surface area contributed by atoms with E-state index in [1.807, 2.05) is 5.43 Å². The van der Waals surface area contributed by atoms with Gasteiger partial charge in [0.15, 0.2) is 0 Å². The molecule has 2 N–H and O–H groups in total. The number of hydrazine groups is 1. The molecule has 78 valence electrons. The molecule has 0 atom stereocenters. The van der Waals surface area contributed by atoms with E-state index in [1.54, 1.807) is 6.92 Å². The van der Waals surface area contributed by atoms with Crippen LogP contribution in [0.4, 0.5) is 4.79 Å². The first kappa shape index (κ1) is 10.3. The molecule has 1 aliphatic rings. The van der Waals surface area contributed by atoms with E-state index < -0.39 is 17.9 Å². The van der Waals surface area contributed by atoms with Crippen molar-refractivity contribution < 1.29 is 19.5 Å². The van der Waals surface area contributed by atoms with E-state index in [2.05, 4.69) is 0 Å². The van der Waals surface area contributed by atoms with Gasteiger partial charge in [0, 0.05) is 13.1 Å². The zero-order valence-corrected chi connectivity index (χ0v) is 7.69. The quantitative estimate of drug-likeness (QED) is 0.552. The van der Waals surface area contributed by atoms with Gasteiger partial charge in [-0.15, -0.1) is 0 Å². The summed E-state index contributed by atoms with van der Waals surface area (Å²) < 4.78 is 0. The second kappa shape index (κ2) is 3.95. The average molecular weight is 201 g/mol. The van der Waals surface area contributed by atoms with Crippen LogP contribution in [0.5, 0.6) is 0 Å². The van der Waals surface area contributed by atoms with Gasteiger partial charge in [0.05, 0.1) is 6.54 Å². The van der Waals surface area contributed by atoms with Gasteiger partial charge in [-0.25, -0.2) is 15.2 Å². The minimum atomic E-state index is -1.35. The number of nitrogens with one attached hydrogen (secondary N) is 1. The highest BCUT2D eigenvalue weighted by atomic mass is 16.4. The maximum absolute atomic E-state index is 11.3. The van der Waals surface area contributed by atoms with Crippen molar-refractivity contribution in [2.45, 2.75) is 6.92 Å². The van der Waals surface area contributed by atoms with Crippen LogP contribution in [-0.2, 0) is 9.59 Å². The first-order chi connectivity index (χ1) is 6.56. The smallest absolute Gasteiger partial charge is 0.423 e. The van der Waals surface area contributed by atoms with Gasteiger partial charge < -0.3 is 10.0 Å². The van der Waals surface area contributed by atoms with Crippen LogP contribution in [0.1, 0.15) is 6.92 Å². The number of likely N-dealkylation sites (N-methyl/N-ethyl adjacent to an activating group) is 1. The molecule has 1 rings (SSSR count). The van der Waals surface area contributed by atoms with E-state index in [4.69, 9.17) is 5.11 Å². The summed E-state index contributed by atoms with van der Waals surface area (Å²) >= 11 is 0. The lowest BCUT2D eigenvalue weighted by Gasteiger charge is -2.32. The molecule has 0 aromatic rings. The van der Waals surface area contributed by atoms with E-state index in [9.17, 15) is 14.4 Å². The summed E-state index contributed by atoms with van der Waals surface area (Å²) in [4.78, 5) is 34.1. The summed E-state index contributed by atoms with van der Waals surface area (Å²) in [6.45, 7) is 2.74. The number of carboxylic acid groups (broad SMARTS) is 1. The number of carbonyl (C=O) groups excluding carboxylic acids is 2. The largest absolute Gasteiger partial charge is 0.464 e. The Morgan fingerprint density at radius 2 is 2.07 bits per heavy atom. The Labute approximate surface area is 80.2 Å².